The van der Waals surface area contributed by atoms with E-state index in [2.05, 4.69) is 31.2 Å². The highest BCUT2D eigenvalue weighted by Crippen LogP contribution is 2.48. The molecular weight excluding hydrogens is 218 g/mol. The summed E-state index contributed by atoms with van der Waals surface area (Å²) in [5, 5.41) is 0. The molecule has 2 fully saturated rings. The molecule has 0 amide bonds. The monoisotopic (exact) mass is 243 g/mol. The summed E-state index contributed by atoms with van der Waals surface area (Å²) in [6.45, 7) is 2.22. The number of aryl methyl sites for hydroxylation is 1. The molecule has 0 aromatic heterocycles. The van der Waals surface area contributed by atoms with Gasteiger partial charge in [-0.25, -0.2) is 0 Å². The van der Waals surface area contributed by atoms with Gasteiger partial charge >= 0.3 is 0 Å². The third-order valence-corrected chi connectivity index (χ3v) is 5.02. The van der Waals surface area contributed by atoms with Crippen molar-refractivity contribution in [2.24, 2.45) is 17.6 Å². The summed E-state index contributed by atoms with van der Waals surface area (Å²) in [5.74, 6) is 1.90. The van der Waals surface area contributed by atoms with Gasteiger partial charge in [-0.3, -0.25) is 0 Å². The van der Waals surface area contributed by atoms with Gasteiger partial charge in [-0.2, -0.15) is 0 Å². The fraction of sp³-hybridized carbons (Fsp3) is 0.647. The van der Waals surface area contributed by atoms with Crippen LogP contribution in [0.1, 0.15) is 56.6 Å². The molecular formula is C17H25N. The van der Waals surface area contributed by atoms with E-state index in [4.69, 9.17) is 5.73 Å². The smallest absolute Gasteiger partial charge is 0.0412 e. The lowest BCUT2D eigenvalue weighted by molar-refractivity contribution is 0.206. The number of hydrogen-bond donors (Lipinski definition) is 1. The van der Waals surface area contributed by atoms with Crippen molar-refractivity contribution < 1.29 is 0 Å². The van der Waals surface area contributed by atoms with Gasteiger partial charge in [0.25, 0.3) is 0 Å². The second kappa shape index (κ2) is 4.70. The molecule has 0 bridgehead atoms. The van der Waals surface area contributed by atoms with Crippen LogP contribution in [0.3, 0.4) is 0 Å². The number of hydrogen-bond acceptors (Lipinski definition) is 1. The van der Waals surface area contributed by atoms with E-state index in [1.165, 1.54) is 49.7 Å². The second-order valence-electron chi connectivity index (χ2n) is 6.40. The van der Waals surface area contributed by atoms with Crippen molar-refractivity contribution >= 4 is 0 Å². The molecule has 18 heavy (non-hydrogen) atoms. The largest absolute Gasteiger partial charge is 0.321 e. The standard InChI is InChI=1S/C17H25N/c1-2-13-5-3-7-16(11-13)17(18)10-4-6-15(12-17)14-8-9-14/h3,5,7,11,14-15H,2,4,6,8-10,12,18H2,1H3. The van der Waals surface area contributed by atoms with Crippen LogP contribution < -0.4 is 5.73 Å². The van der Waals surface area contributed by atoms with Crippen LogP contribution in [0.2, 0.25) is 0 Å². The maximum Gasteiger partial charge on any atom is 0.0412 e. The lowest BCUT2D eigenvalue weighted by Crippen LogP contribution is -2.42. The summed E-state index contributed by atoms with van der Waals surface area (Å²) in [5.41, 5.74) is 9.52. The average molecular weight is 243 g/mol. The van der Waals surface area contributed by atoms with E-state index in [1.807, 2.05) is 0 Å². The summed E-state index contributed by atoms with van der Waals surface area (Å²) < 4.78 is 0. The number of nitrogens with two attached hydrogens (primary N) is 1. The van der Waals surface area contributed by atoms with Crippen molar-refractivity contribution in [2.75, 3.05) is 0 Å². The quantitative estimate of drug-likeness (QED) is 0.853. The topological polar surface area (TPSA) is 26.0 Å². The molecule has 2 aliphatic carbocycles. The van der Waals surface area contributed by atoms with Gasteiger partial charge in [-0.05, 0) is 55.1 Å². The molecule has 2 aliphatic rings. The lowest BCUT2D eigenvalue weighted by Gasteiger charge is -2.39. The zero-order valence-electron chi connectivity index (χ0n) is 11.5. The van der Waals surface area contributed by atoms with Crippen LogP contribution in [0.25, 0.3) is 0 Å². The molecule has 3 rings (SSSR count). The van der Waals surface area contributed by atoms with Gasteiger partial charge in [0.2, 0.25) is 0 Å². The van der Waals surface area contributed by atoms with Crippen molar-refractivity contribution in [3.8, 4) is 0 Å². The molecule has 1 nitrogen and oxygen atoms in total. The minimum atomic E-state index is -0.0450. The van der Waals surface area contributed by atoms with E-state index in [0.29, 0.717) is 0 Å². The zero-order chi connectivity index (χ0) is 12.6. The molecule has 2 N–H and O–H groups in total. The first-order valence-corrected chi connectivity index (χ1v) is 7.59. The Kier molecular flexibility index (Phi) is 3.19. The maximum atomic E-state index is 6.76. The van der Waals surface area contributed by atoms with Gasteiger partial charge in [0.15, 0.2) is 0 Å². The molecule has 2 unspecified atom stereocenters. The van der Waals surface area contributed by atoms with Gasteiger partial charge in [-0.1, -0.05) is 44.0 Å². The summed E-state index contributed by atoms with van der Waals surface area (Å²) in [4.78, 5) is 0. The first-order valence-electron chi connectivity index (χ1n) is 7.59. The molecule has 0 heterocycles. The Morgan fingerprint density at radius 2 is 2.06 bits per heavy atom. The minimum Gasteiger partial charge on any atom is -0.321 e. The van der Waals surface area contributed by atoms with E-state index >= 15 is 0 Å². The minimum absolute atomic E-state index is 0.0450. The Labute approximate surface area is 111 Å². The van der Waals surface area contributed by atoms with Crippen LogP contribution in [0.15, 0.2) is 24.3 Å². The fourth-order valence-electron chi connectivity index (χ4n) is 3.68. The molecule has 1 aromatic rings. The van der Waals surface area contributed by atoms with Gasteiger partial charge in [0.1, 0.15) is 0 Å². The Bertz CT molecular complexity index is 421. The van der Waals surface area contributed by atoms with Crippen LogP contribution in [0, 0.1) is 11.8 Å². The highest BCUT2D eigenvalue weighted by atomic mass is 14.8. The fourth-order valence-corrected chi connectivity index (χ4v) is 3.68. The van der Waals surface area contributed by atoms with E-state index in [1.54, 1.807) is 0 Å². The first kappa shape index (κ1) is 12.2. The molecule has 0 saturated heterocycles. The predicted molar refractivity (Wildman–Crippen MR) is 76.4 cm³/mol. The van der Waals surface area contributed by atoms with Crippen molar-refractivity contribution in [2.45, 2.75) is 57.4 Å². The van der Waals surface area contributed by atoms with Crippen molar-refractivity contribution in [3.05, 3.63) is 35.4 Å². The summed E-state index contributed by atoms with van der Waals surface area (Å²) in [7, 11) is 0. The Hall–Kier alpha value is -0.820. The third-order valence-electron chi connectivity index (χ3n) is 5.02. The van der Waals surface area contributed by atoms with Crippen LogP contribution in [0.4, 0.5) is 0 Å². The molecule has 1 heteroatoms. The first-order chi connectivity index (χ1) is 8.71. The van der Waals surface area contributed by atoms with Crippen LogP contribution in [-0.4, -0.2) is 0 Å². The highest BCUT2D eigenvalue weighted by Gasteiger charge is 2.40. The Balaban J connectivity index is 1.83. The average Bonchev–Trinajstić information content (AvgIpc) is 3.23. The molecule has 1 aromatic carbocycles. The van der Waals surface area contributed by atoms with E-state index in [0.717, 1.165) is 18.3 Å². The third kappa shape index (κ3) is 2.33. The number of rotatable bonds is 3. The summed E-state index contributed by atoms with van der Waals surface area (Å²) in [6.07, 6.45) is 9.13. The highest BCUT2D eigenvalue weighted by molar-refractivity contribution is 5.30. The van der Waals surface area contributed by atoms with Crippen molar-refractivity contribution in [3.63, 3.8) is 0 Å². The van der Waals surface area contributed by atoms with Crippen LogP contribution in [-0.2, 0) is 12.0 Å². The van der Waals surface area contributed by atoms with Crippen LogP contribution in [0.5, 0.6) is 0 Å². The van der Waals surface area contributed by atoms with Gasteiger partial charge in [-0.15, -0.1) is 0 Å². The molecule has 2 atom stereocenters. The van der Waals surface area contributed by atoms with E-state index in [9.17, 15) is 0 Å². The SMILES string of the molecule is CCc1cccc(C2(N)CCCC(C3CC3)C2)c1. The van der Waals surface area contributed by atoms with Crippen molar-refractivity contribution in [1.29, 1.82) is 0 Å². The summed E-state index contributed by atoms with van der Waals surface area (Å²) >= 11 is 0. The van der Waals surface area contributed by atoms with Gasteiger partial charge < -0.3 is 5.73 Å². The van der Waals surface area contributed by atoms with E-state index < -0.39 is 0 Å². The zero-order valence-corrected chi connectivity index (χ0v) is 11.5. The number of benzene rings is 1. The normalized spacial score (nSPS) is 32.4. The second-order valence-corrected chi connectivity index (χ2v) is 6.40. The Morgan fingerprint density at radius 3 is 2.78 bits per heavy atom. The van der Waals surface area contributed by atoms with Gasteiger partial charge in [0, 0.05) is 5.54 Å². The summed E-state index contributed by atoms with van der Waals surface area (Å²) in [6, 6.07) is 8.99. The molecule has 98 valence electrons. The Morgan fingerprint density at radius 1 is 1.22 bits per heavy atom. The lowest BCUT2D eigenvalue weighted by atomic mass is 9.71. The maximum absolute atomic E-state index is 6.76. The molecule has 0 radical (unpaired) electrons. The van der Waals surface area contributed by atoms with Gasteiger partial charge in [0.05, 0.1) is 0 Å². The molecule has 2 saturated carbocycles. The van der Waals surface area contributed by atoms with Crippen molar-refractivity contribution in [1.82, 2.24) is 0 Å². The molecule has 0 spiro atoms. The predicted octanol–water partition coefficient (Wildman–Crippen LogP) is 4.00. The molecule has 0 aliphatic heterocycles. The van der Waals surface area contributed by atoms with E-state index in [-0.39, 0.29) is 5.54 Å². The van der Waals surface area contributed by atoms with Crippen LogP contribution >= 0.6 is 0 Å².